The zero-order valence-electron chi connectivity index (χ0n) is 23.6. The fourth-order valence-electron chi connectivity index (χ4n) is 4.68. The van der Waals surface area contributed by atoms with E-state index in [2.05, 4.69) is 13.8 Å². The summed E-state index contributed by atoms with van der Waals surface area (Å²) in [6, 6.07) is 16.0. The van der Waals surface area contributed by atoms with Gasteiger partial charge in [-0.2, -0.15) is 0 Å². The van der Waals surface area contributed by atoms with Gasteiger partial charge in [-0.1, -0.05) is 140 Å². The van der Waals surface area contributed by atoms with Crippen LogP contribution in [-0.2, 0) is 0 Å². The van der Waals surface area contributed by atoms with E-state index in [1.54, 1.807) is 11.8 Å². The minimum absolute atomic E-state index is 0.252. The van der Waals surface area contributed by atoms with Gasteiger partial charge in [-0.05, 0) is 37.1 Å². The lowest BCUT2D eigenvalue weighted by molar-refractivity contribution is 0.0971. The largest absolute Gasteiger partial charge is 0.294 e. The first-order valence-corrected chi connectivity index (χ1v) is 15.9. The Morgan fingerprint density at radius 1 is 0.459 bits per heavy atom. The molecular weight excluding hydrogens is 472 g/mol. The molecule has 37 heavy (non-hydrogen) atoms. The summed E-state index contributed by atoms with van der Waals surface area (Å²) >= 11 is 1.67. The molecule has 2 rings (SSSR count). The van der Waals surface area contributed by atoms with E-state index in [0.29, 0.717) is 12.8 Å². The molecule has 0 saturated heterocycles. The molecule has 0 fully saturated rings. The fourth-order valence-corrected chi connectivity index (χ4v) is 5.50. The van der Waals surface area contributed by atoms with Crippen molar-refractivity contribution in [2.45, 2.75) is 139 Å². The highest BCUT2D eigenvalue weighted by Crippen LogP contribution is 2.28. The predicted molar refractivity (Wildman–Crippen MR) is 160 cm³/mol. The Kier molecular flexibility index (Phi) is 17.1. The van der Waals surface area contributed by atoms with Gasteiger partial charge in [-0.15, -0.1) is 0 Å². The minimum Gasteiger partial charge on any atom is -0.294 e. The number of carbonyl (C=O) groups excluding carboxylic acids is 2. The maximum Gasteiger partial charge on any atom is 0.162 e. The van der Waals surface area contributed by atoms with E-state index < -0.39 is 0 Å². The Morgan fingerprint density at radius 3 is 1.08 bits per heavy atom. The lowest BCUT2D eigenvalue weighted by Gasteiger charge is -2.06. The van der Waals surface area contributed by atoms with Gasteiger partial charge in [0.2, 0.25) is 0 Å². The van der Waals surface area contributed by atoms with Crippen LogP contribution in [0, 0.1) is 0 Å². The summed E-state index contributed by atoms with van der Waals surface area (Å²) < 4.78 is 0. The first kappa shape index (κ1) is 31.3. The Labute approximate surface area is 231 Å². The molecule has 0 N–H and O–H groups in total. The molecule has 0 aliphatic rings. The number of hydrogen-bond donors (Lipinski definition) is 0. The highest BCUT2D eigenvalue weighted by molar-refractivity contribution is 7.99. The van der Waals surface area contributed by atoms with Crippen LogP contribution in [0.4, 0.5) is 0 Å². The molecule has 0 aliphatic carbocycles. The standard InChI is InChI=1S/C34H50O2S/c1-3-5-7-9-11-13-15-17-19-33(35)29-21-25-31(26-22-29)37-32-27-23-30(24-28-32)34(36)20-18-16-14-12-10-8-6-4-2/h21-28H,3-20H2,1-2H3. The van der Waals surface area contributed by atoms with Crippen LogP contribution in [0.15, 0.2) is 58.3 Å². The highest BCUT2D eigenvalue weighted by Gasteiger charge is 2.08. The molecule has 0 saturated carbocycles. The summed E-state index contributed by atoms with van der Waals surface area (Å²) in [6.07, 6.45) is 21.3. The second kappa shape index (κ2) is 20.1. The number of hydrogen-bond acceptors (Lipinski definition) is 3. The molecule has 0 unspecified atom stereocenters. The molecule has 0 aliphatic heterocycles. The Hall–Kier alpha value is -1.87. The lowest BCUT2D eigenvalue weighted by Crippen LogP contribution is -1.99. The number of Topliss-reactive ketones (excluding diaryl/α,β-unsaturated/α-hetero) is 2. The molecule has 0 atom stereocenters. The molecule has 2 nitrogen and oxygen atoms in total. The average molecular weight is 523 g/mol. The van der Waals surface area contributed by atoms with E-state index >= 15 is 0 Å². The van der Waals surface area contributed by atoms with Gasteiger partial charge in [0.15, 0.2) is 11.6 Å². The molecule has 2 aromatic carbocycles. The molecule has 0 heterocycles. The average Bonchev–Trinajstić information content (AvgIpc) is 2.92. The van der Waals surface area contributed by atoms with Gasteiger partial charge in [0.05, 0.1) is 0 Å². The number of unbranched alkanes of at least 4 members (excludes halogenated alkanes) is 14. The first-order valence-electron chi connectivity index (χ1n) is 15.1. The van der Waals surface area contributed by atoms with Crippen molar-refractivity contribution >= 4 is 23.3 Å². The van der Waals surface area contributed by atoms with Crippen LogP contribution in [0.3, 0.4) is 0 Å². The van der Waals surface area contributed by atoms with E-state index in [4.69, 9.17) is 0 Å². The first-order chi connectivity index (χ1) is 18.1. The summed E-state index contributed by atoms with van der Waals surface area (Å²) in [5, 5.41) is 0. The van der Waals surface area contributed by atoms with Crippen LogP contribution in [0.2, 0.25) is 0 Å². The SMILES string of the molecule is CCCCCCCCCCC(=O)c1ccc(Sc2ccc(C(=O)CCCCCCCCCC)cc2)cc1. The molecule has 3 heteroatoms. The molecule has 0 spiro atoms. The van der Waals surface area contributed by atoms with Gasteiger partial charge in [-0.25, -0.2) is 0 Å². The van der Waals surface area contributed by atoms with Crippen LogP contribution in [0.5, 0.6) is 0 Å². The Bertz CT molecular complexity index is 796. The highest BCUT2D eigenvalue weighted by atomic mass is 32.2. The third-order valence-corrected chi connectivity index (χ3v) is 8.12. The van der Waals surface area contributed by atoms with Crippen LogP contribution in [0.25, 0.3) is 0 Å². The Morgan fingerprint density at radius 2 is 0.757 bits per heavy atom. The van der Waals surface area contributed by atoms with Crippen LogP contribution in [0.1, 0.15) is 150 Å². The normalized spacial score (nSPS) is 11.1. The maximum absolute atomic E-state index is 12.5. The maximum atomic E-state index is 12.5. The minimum atomic E-state index is 0.252. The quantitative estimate of drug-likeness (QED) is 0.114. The van der Waals surface area contributed by atoms with Gasteiger partial charge in [-0.3, -0.25) is 9.59 Å². The topological polar surface area (TPSA) is 34.1 Å². The van der Waals surface area contributed by atoms with Crippen molar-refractivity contribution in [3.8, 4) is 0 Å². The van der Waals surface area contributed by atoms with Crippen molar-refractivity contribution in [1.82, 2.24) is 0 Å². The van der Waals surface area contributed by atoms with Crippen molar-refractivity contribution < 1.29 is 9.59 Å². The second-order valence-corrected chi connectivity index (χ2v) is 11.6. The Balaban J connectivity index is 1.65. The van der Waals surface area contributed by atoms with Crippen molar-refractivity contribution in [2.75, 3.05) is 0 Å². The monoisotopic (exact) mass is 522 g/mol. The van der Waals surface area contributed by atoms with Crippen molar-refractivity contribution in [2.24, 2.45) is 0 Å². The van der Waals surface area contributed by atoms with Crippen molar-refractivity contribution in [1.29, 1.82) is 0 Å². The smallest absolute Gasteiger partial charge is 0.162 e. The molecule has 0 bridgehead atoms. The van der Waals surface area contributed by atoms with Gasteiger partial charge >= 0.3 is 0 Å². The summed E-state index contributed by atoms with van der Waals surface area (Å²) in [6.45, 7) is 4.49. The second-order valence-electron chi connectivity index (χ2n) is 10.4. The zero-order chi connectivity index (χ0) is 26.6. The molecule has 204 valence electrons. The molecule has 0 radical (unpaired) electrons. The van der Waals surface area contributed by atoms with Gasteiger partial charge in [0.1, 0.15) is 0 Å². The van der Waals surface area contributed by atoms with Crippen LogP contribution in [-0.4, -0.2) is 11.6 Å². The van der Waals surface area contributed by atoms with Crippen LogP contribution >= 0.6 is 11.8 Å². The van der Waals surface area contributed by atoms with Gasteiger partial charge in [0, 0.05) is 33.8 Å². The number of rotatable bonds is 22. The summed E-state index contributed by atoms with van der Waals surface area (Å²) in [5.74, 6) is 0.504. The molecule has 0 aromatic heterocycles. The van der Waals surface area contributed by atoms with E-state index in [9.17, 15) is 9.59 Å². The fraction of sp³-hybridized carbons (Fsp3) is 0.588. The number of ketones is 2. The zero-order valence-corrected chi connectivity index (χ0v) is 24.4. The van der Waals surface area contributed by atoms with Crippen molar-refractivity contribution in [3.05, 3.63) is 59.7 Å². The van der Waals surface area contributed by atoms with E-state index in [-0.39, 0.29) is 11.6 Å². The van der Waals surface area contributed by atoms with Crippen LogP contribution < -0.4 is 0 Å². The van der Waals surface area contributed by atoms with E-state index in [0.717, 1.165) is 46.6 Å². The molecule has 0 amide bonds. The summed E-state index contributed by atoms with van der Waals surface area (Å²) in [5.41, 5.74) is 1.63. The number of benzene rings is 2. The third-order valence-electron chi connectivity index (χ3n) is 7.10. The predicted octanol–water partition coefficient (Wildman–Crippen LogP) is 11.3. The number of carbonyl (C=O) groups is 2. The molecule has 2 aromatic rings. The van der Waals surface area contributed by atoms with Gasteiger partial charge in [0.25, 0.3) is 0 Å². The van der Waals surface area contributed by atoms with E-state index in [1.165, 1.54) is 77.0 Å². The molecular formula is C34H50O2S. The summed E-state index contributed by atoms with van der Waals surface area (Å²) in [7, 11) is 0. The van der Waals surface area contributed by atoms with Gasteiger partial charge < -0.3 is 0 Å². The third kappa shape index (κ3) is 14.0. The summed E-state index contributed by atoms with van der Waals surface area (Å²) in [4.78, 5) is 27.3. The van der Waals surface area contributed by atoms with E-state index in [1.807, 2.05) is 48.5 Å². The van der Waals surface area contributed by atoms with Crippen molar-refractivity contribution in [3.63, 3.8) is 0 Å². The lowest BCUT2D eigenvalue weighted by atomic mass is 10.0.